The molecular weight excluding hydrogens is 500 g/mol. The molecule has 5 heterocycles. The summed E-state index contributed by atoms with van der Waals surface area (Å²) >= 11 is 6.64. The van der Waals surface area contributed by atoms with E-state index in [1.807, 2.05) is 12.1 Å². The highest BCUT2D eigenvalue weighted by Crippen LogP contribution is 2.39. The van der Waals surface area contributed by atoms with E-state index in [0.717, 1.165) is 67.0 Å². The molecule has 2 aromatic carbocycles. The number of phenolic OH excluding ortho intramolecular Hbond substituents is 1. The van der Waals surface area contributed by atoms with E-state index >= 15 is 0 Å². The highest BCUT2D eigenvalue weighted by atomic mass is 35.5. The molecule has 4 aliphatic heterocycles. The van der Waals surface area contributed by atoms with Crippen molar-refractivity contribution >= 4 is 33.9 Å². The third kappa shape index (κ3) is 4.42. The van der Waals surface area contributed by atoms with Crippen molar-refractivity contribution in [3.05, 3.63) is 46.6 Å². The third-order valence-corrected chi connectivity index (χ3v) is 9.15. The van der Waals surface area contributed by atoms with Crippen molar-refractivity contribution in [2.45, 2.75) is 56.8 Å². The Morgan fingerprint density at radius 1 is 1.08 bits per heavy atom. The lowest BCUT2D eigenvalue weighted by Crippen LogP contribution is -2.52. The maximum atomic E-state index is 10.1. The van der Waals surface area contributed by atoms with Crippen molar-refractivity contribution in [3.63, 3.8) is 0 Å². The lowest BCUT2D eigenvalue weighted by molar-refractivity contribution is 0.187. The lowest BCUT2D eigenvalue weighted by Gasteiger charge is -2.37. The van der Waals surface area contributed by atoms with Gasteiger partial charge in [0.05, 0.1) is 17.3 Å². The number of anilines is 2. The molecule has 1 aromatic heterocycles. The van der Waals surface area contributed by atoms with E-state index in [0.29, 0.717) is 42.3 Å². The van der Waals surface area contributed by atoms with E-state index in [1.54, 1.807) is 12.1 Å². The number of likely N-dealkylation sites (tertiary alicyclic amines) is 1. The fraction of sp³-hybridized carbons (Fsp3) is 0.517. The standard InChI is InChI=1S/C29H35ClN6O2/c1-34-10-3-5-21(34)17-38-29-32-25-16-35(26-6-2-4-18-12-22(37)13-24(30)27(18)26)11-9-23(25)28(33-29)36-14-19-7-8-20(15-36)31-19/h2,4,6,12-13,19-21,31,37H,3,5,7-11,14-17H2,1H3/t19-,20+,21?. The molecule has 0 spiro atoms. The van der Waals surface area contributed by atoms with Crippen LogP contribution in [-0.2, 0) is 13.0 Å². The zero-order valence-electron chi connectivity index (χ0n) is 21.9. The normalized spacial score (nSPS) is 25.3. The molecule has 8 nitrogen and oxygen atoms in total. The predicted molar refractivity (Wildman–Crippen MR) is 151 cm³/mol. The van der Waals surface area contributed by atoms with Crippen molar-refractivity contribution in [2.75, 3.05) is 49.6 Å². The third-order valence-electron chi connectivity index (χ3n) is 8.85. The Balaban J connectivity index is 1.23. The molecule has 4 aliphatic rings. The Bertz CT molecular complexity index is 1360. The smallest absolute Gasteiger partial charge is 0.318 e. The number of likely N-dealkylation sites (N-methyl/N-ethyl adjacent to an activating group) is 1. The van der Waals surface area contributed by atoms with Crippen LogP contribution in [0.25, 0.3) is 10.8 Å². The molecule has 2 N–H and O–H groups in total. The number of nitrogens with zero attached hydrogens (tertiary/aromatic N) is 5. The summed E-state index contributed by atoms with van der Waals surface area (Å²) in [6, 6.07) is 11.5. The van der Waals surface area contributed by atoms with Gasteiger partial charge in [-0.05, 0) is 69.3 Å². The molecule has 0 aliphatic carbocycles. The van der Waals surface area contributed by atoms with Gasteiger partial charge in [0.2, 0.25) is 0 Å². The van der Waals surface area contributed by atoms with E-state index in [9.17, 15) is 5.11 Å². The van der Waals surface area contributed by atoms with Gasteiger partial charge in [-0.25, -0.2) is 0 Å². The topological polar surface area (TPSA) is 77.0 Å². The minimum absolute atomic E-state index is 0.181. The largest absolute Gasteiger partial charge is 0.508 e. The Labute approximate surface area is 228 Å². The number of nitrogens with one attached hydrogen (secondary N) is 1. The summed E-state index contributed by atoms with van der Waals surface area (Å²) in [5.41, 5.74) is 3.35. The van der Waals surface area contributed by atoms with Crippen LogP contribution in [0, 0.1) is 0 Å². The molecule has 200 valence electrons. The number of benzene rings is 2. The first kappa shape index (κ1) is 24.2. The number of ether oxygens (including phenoxy) is 1. The van der Waals surface area contributed by atoms with Crippen LogP contribution < -0.4 is 19.9 Å². The summed E-state index contributed by atoms with van der Waals surface area (Å²) in [6.07, 6.45) is 5.70. The summed E-state index contributed by atoms with van der Waals surface area (Å²) in [4.78, 5) is 17.2. The number of hydrogen-bond donors (Lipinski definition) is 2. The molecule has 38 heavy (non-hydrogen) atoms. The maximum absolute atomic E-state index is 10.1. The fourth-order valence-electron chi connectivity index (χ4n) is 6.86. The number of halogens is 1. The van der Waals surface area contributed by atoms with Crippen LogP contribution in [0.5, 0.6) is 11.8 Å². The first-order valence-corrected chi connectivity index (χ1v) is 14.3. The van der Waals surface area contributed by atoms with Gasteiger partial charge < -0.3 is 29.9 Å². The number of aromatic nitrogens is 2. The van der Waals surface area contributed by atoms with Gasteiger partial charge >= 0.3 is 6.01 Å². The van der Waals surface area contributed by atoms with Gasteiger partial charge in [-0.1, -0.05) is 23.7 Å². The first-order valence-electron chi connectivity index (χ1n) is 13.9. The minimum atomic E-state index is 0.181. The molecule has 3 aromatic rings. The number of phenols is 1. The molecule has 0 radical (unpaired) electrons. The van der Waals surface area contributed by atoms with Crippen LogP contribution >= 0.6 is 11.6 Å². The predicted octanol–water partition coefficient (Wildman–Crippen LogP) is 3.97. The lowest BCUT2D eigenvalue weighted by atomic mass is 10.0. The van der Waals surface area contributed by atoms with E-state index in [2.05, 4.69) is 33.1 Å². The number of aromatic hydroxyl groups is 1. The second kappa shape index (κ2) is 9.74. The van der Waals surface area contributed by atoms with Gasteiger partial charge in [-0.2, -0.15) is 9.97 Å². The minimum Gasteiger partial charge on any atom is -0.508 e. The Kier molecular flexibility index (Phi) is 6.21. The quantitative estimate of drug-likeness (QED) is 0.509. The van der Waals surface area contributed by atoms with Crippen LogP contribution in [-0.4, -0.2) is 77.9 Å². The highest BCUT2D eigenvalue weighted by molar-refractivity contribution is 6.36. The average molecular weight is 535 g/mol. The molecule has 9 heteroatoms. The molecule has 3 saturated heterocycles. The summed E-state index contributed by atoms with van der Waals surface area (Å²) < 4.78 is 6.30. The van der Waals surface area contributed by atoms with Crippen molar-refractivity contribution in [3.8, 4) is 11.8 Å². The van der Waals surface area contributed by atoms with E-state index < -0.39 is 0 Å². The second-order valence-corrected chi connectivity index (χ2v) is 11.8. The van der Waals surface area contributed by atoms with Crippen LogP contribution in [0.1, 0.15) is 36.9 Å². The molecule has 1 unspecified atom stereocenters. The zero-order chi connectivity index (χ0) is 25.8. The highest BCUT2D eigenvalue weighted by Gasteiger charge is 2.35. The van der Waals surface area contributed by atoms with Gasteiger partial charge in [0.15, 0.2) is 0 Å². The number of rotatable bonds is 5. The van der Waals surface area contributed by atoms with Gasteiger partial charge in [0.1, 0.15) is 18.2 Å². The molecule has 2 bridgehead atoms. The van der Waals surface area contributed by atoms with Crippen molar-refractivity contribution < 1.29 is 9.84 Å². The summed E-state index contributed by atoms with van der Waals surface area (Å²) in [7, 11) is 2.17. The number of piperazine rings is 1. The summed E-state index contributed by atoms with van der Waals surface area (Å²) in [5, 5.41) is 16.3. The van der Waals surface area contributed by atoms with Crippen molar-refractivity contribution in [1.82, 2.24) is 20.2 Å². The van der Waals surface area contributed by atoms with Gasteiger partial charge in [-0.15, -0.1) is 0 Å². The Morgan fingerprint density at radius 3 is 2.71 bits per heavy atom. The van der Waals surface area contributed by atoms with E-state index in [4.69, 9.17) is 26.3 Å². The van der Waals surface area contributed by atoms with Crippen LogP contribution in [0.2, 0.25) is 5.02 Å². The molecule has 3 fully saturated rings. The van der Waals surface area contributed by atoms with Crippen LogP contribution in [0.15, 0.2) is 30.3 Å². The van der Waals surface area contributed by atoms with Crippen molar-refractivity contribution in [1.29, 1.82) is 0 Å². The van der Waals surface area contributed by atoms with Crippen LogP contribution in [0.3, 0.4) is 0 Å². The summed E-state index contributed by atoms with van der Waals surface area (Å²) in [6.45, 7) is 5.22. The molecule has 7 rings (SSSR count). The molecule has 0 amide bonds. The van der Waals surface area contributed by atoms with Gasteiger partial charge in [0.25, 0.3) is 0 Å². The Hall–Kier alpha value is -2.81. The number of hydrogen-bond acceptors (Lipinski definition) is 8. The Morgan fingerprint density at radius 2 is 1.92 bits per heavy atom. The van der Waals surface area contributed by atoms with E-state index in [1.165, 1.54) is 24.8 Å². The van der Waals surface area contributed by atoms with E-state index in [-0.39, 0.29) is 5.75 Å². The van der Waals surface area contributed by atoms with Gasteiger partial charge in [-0.3, -0.25) is 0 Å². The SMILES string of the molecule is CN1CCCC1COc1nc2c(c(N3C[C@H]4CC[C@@H](C3)N4)n1)CCN(c1cccc3cc(O)cc(Cl)c13)C2. The van der Waals surface area contributed by atoms with Crippen LogP contribution in [0.4, 0.5) is 11.5 Å². The zero-order valence-corrected chi connectivity index (χ0v) is 22.6. The number of fused-ring (bicyclic) bond motifs is 4. The molecule has 3 atom stereocenters. The molecule has 0 saturated carbocycles. The fourth-order valence-corrected chi connectivity index (χ4v) is 7.17. The average Bonchev–Trinajstić information content (AvgIpc) is 3.48. The summed E-state index contributed by atoms with van der Waals surface area (Å²) in [5.74, 6) is 1.24. The first-order chi connectivity index (χ1) is 18.5. The van der Waals surface area contributed by atoms with Crippen molar-refractivity contribution in [2.24, 2.45) is 0 Å². The van der Waals surface area contributed by atoms with Gasteiger partial charge in [0, 0.05) is 54.4 Å². The monoisotopic (exact) mass is 534 g/mol. The maximum Gasteiger partial charge on any atom is 0.318 e. The second-order valence-electron chi connectivity index (χ2n) is 11.4. The molecular formula is C29H35ClN6O2.